The van der Waals surface area contributed by atoms with Gasteiger partial charge in [0, 0.05) is 0 Å². The van der Waals surface area contributed by atoms with Gasteiger partial charge in [-0.15, -0.1) is 0 Å². The van der Waals surface area contributed by atoms with Gasteiger partial charge in [-0.3, -0.25) is 0 Å². The molecule has 0 aliphatic rings. The van der Waals surface area contributed by atoms with Gasteiger partial charge in [-0.05, 0) is 0 Å². The Morgan fingerprint density at radius 3 is 1.00 bits per heavy atom. The summed E-state index contributed by atoms with van der Waals surface area (Å²) < 4.78 is 0. The maximum atomic E-state index is 2.18. The van der Waals surface area contributed by atoms with Gasteiger partial charge < -0.3 is 7.85 Å². The SMILES string of the molecule is CCCC.CCCC.C[CH-]C(C)C.[Be+2].[H-]. The van der Waals surface area contributed by atoms with Crippen LogP contribution in [0.1, 0.15) is 75.6 Å². The molecule has 0 radical (unpaired) electrons. The minimum Gasteiger partial charge on any atom is -1.00 e. The third kappa shape index (κ3) is 87.3. The third-order valence-corrected chi connectivity index (χ3v) is 1.67. The van der Waals surface area contributed by atoms with E-state index in [2.05, 4.69) is 54.9 Å². The summed E-state index contributed by atoms with van der Waals surface area (Å²) in [4.78, 5) is 0. The Morgan fingerprint density at radius 1 is 0.857 bits per heavy atom. The van der Waals surface area contributed by atoms with Crippen LogP contribution in [0.15, 0.2) is 0 Å². The molecule has 14 heavy (non-hydrogen) atoms. The molecule has 0 N–H and O–H groups in total. The van der Waals surface area contributed by atoms with Crippen molar-refractivity contribution in [3.63, 3.8) is 0 Å². The van der Waals surface area contributed by atoms with Gasteiger partial charge >= 0.3 is 10.1 Å². The van der Waals surface area contributed by atoms with Crippen LogP contribution in [0.5, 0.6) is 0 Å². The van der Waals surface area contributed by atoms with E-state index in [9.17, 15) is 0 Å². The molecule has 86 valence electrons. The van der Waals surface area contributed by atoms with E-state index in [1.807, 2.05) is 0 Å². The first-order valence-corrected chi connectivity index (χ1v) is 5.89. The van der Waals surface area contributed by atoms with E-state index in [0.29, 0.717) is 0 Å². The van der Waals surface area contributed by atoms with Crippen LogP contribution in [-0.4, -0.2) is 10.1 Å². The molecule has 1 heteroatoms. The summed E-state index contributed by atoms with van der Waals surface area (Å²) in [5.41, 5.74) is 0. The summed E-state index contributed by atoms with van der Waals surface area (Å²) in [7, 11) is 0. The Bertz CT molecular complexity index is 48.5. The molecule has 0 aliphatic heterocycles. The fourth-order valence-corrected chi connectivity index (χ4v) is 0. The summed E-state index contributed by atoms with van der Waals surface area (Å²) in [6.07, 6.45) is 7.44. The van der Waals surface area contributed by atoms with Crippen LogP contribution in [0.3, 0.4) is 0 Å². The quantitative estimate of drug-likeness (QED) is 0.430. The minimum atomic E-state index is 0. The first-order chi connectivity index (χ1) is 6.10. The van der Waals surface area contributed by atoms with Gasteiger partial charge in [0.1, 0.15) is 0 Å². The van der Waals surface area contributed by atoms with Gasteiger partial charge in [-0.25, -0.2) is 0 Å². The van der Waals surface area contributed by atoms with Gasteiger partial charge in [-0.1, -0.05) is 67.2 Å². The molecule has 0 rings (SSSR count). The fraction of sp³-hybridized carbons (Fsp3) is 0.923. The molecule has 0 unspecified atom stereocenters. The van der Waals surface area contributed by atoms with Crippen molar-refractivity contribution in [3.8, 4) is 0 Å². The first kappa shape index (κ1) is 23.8. The Hall–Kier alpha value is 0.169. The molecule has 0 aromatic rings. The van der Waals surface area contributed by atoms with E-state index in [4.69, 9.17) is 0 Å². The Morgan fingerprint density at radius 2 is 1.00 bits per heavy atom. The van der Waals surface area contributed by atoms with Crippen LogP contribution >= 0.6 is 0 Å². The molecule has 0 spiro atoms. The Kier molecular flexibility index (Phi) is 49.6. The summed E-state index contributed by atoms with van der Waals surface area (Å²) in [6, 6.07) is 0. The van der Waals surface area contributed by atoms with E-state index in [0.717, 1.165) is 5.92 Å². The maximum absolute atomic E-state index is 2.18. The molecule has 0 bridgehead atoms. The molecule has 0 saturated heterocycles. The Balaban J connectivity index is -0.0000000315. The normalized spacial score (nSPS) is 7.71. The second kappa shape index (κ2) is 29.2. The van der Waals surface area contributed by atoms with Gasteiger partial charge in [-0.2, -0.15) is 12.8 Å². The van der Waals surface area contributed by atoms with E-state index < -0.39 is 0 Å². The van der Waals surface area contributed by atoms with Crippen LogP contribution in [-0.2, 0) is 0 Å². The number of rotatable bonds is 3. The molecular formula is C13H32Be. The van der Waals surface area contributed by atoms with Crippen molar-refractivity contribution in [2.45, 2.75) is 74.1 Å². The fourth-order valence-electron chi connectivity index (χ4n) is 0. The number of hydrogen-bond donors (Lipinski definition) is 0. The molecule has 0 atom stereocenters. The van der Waals surface area contributed by atoms with E-state index in [-0.39, 0.29) is 11.5 Å². The molecule has 0 nitrogen and oxygen atoms in total. The smallest absolute Gasteiger partial charge is 1.00 e. The van der Waals surface area contributed by atoms with Gasteiger partial charge in [0.25, 0.3) is 0 Å². The second-order valence-corrected chi connectivity index (χ2v) is 3.58. The molecule has 0 aromatic carbocycles. The van der Waals surface area contributed by atoms with E-state index in [1.54, 1.807) is 0 Å². The largest absolute Gasteiger partial charge is 2.00 e. The van der Waals surface area contributed by atoms with E-state index >= 15 is 0 Å². The van der Waals surface area contributed by atoms with Crippen LogP contribution < -0.4 is 0 Å². The zero-order valence-electron chi connectivity index (χ0n) is 12.7. The maximum Gasteiger partial charge on any atom is 2.00 e. The molecule has 0 aromatic heterocycles. The van der Waals surface area contributed by atoms with Gasteiger partial charge in [0.05, 0.1) is 0 Å². The van der Waals surface area contributed by atoms with Crippen molar-refractivity contribution in [2.75, 3.05) is 0 Å². The van der Waals surface area contributed by atoms with Crippen LogP contribution in [0.4, 0.5) is 0 Å². The predicted molar refractivity (Wildman–Crippen MR) is 72.8 cm³/mol. The molecule has 0 amide bonds. The zero-order valence-corrected chi connectivity index (χ0v) is 11.7. The topological polar surface area (TPSA) is 0 Å². The van der Waals surface area contributed by atoms with Gasteiger partial charge in [0.15, 0.2) is 0 Å². The van der Waals surface area contributed by atoms with Crippen molar-refractivity contribution in [1.29, 1.82) is 0 Å². The monoisotopic (exact) mass is 197 g/mol. The van der Waals surface area contributed by atoms with Crippen LogP contribution in [0.25, 0.3) is 0 Å². The van der Waals surface area contributed by atoms with Gasteiger partial charge in [0.2, 0.25) is 0 Å². The average molecular weight is 197 g/mol. The molecule has 0 fully saturated rings. The first-order valence-electron chi connectivity index (χ1n) is 5.89. The standard InChI is InChI=1S/C5H11.2C4H10.Be.H/c1-4-5(2)3;2*1-3-4-2;;/h4-5H,1-3H3;2*3-4H2,1-2H3;;/q-1;;;+2;-1. The summed E-state index contributed by atoms with van der Waals surface area (Å²) in [6.45, 7) is 15.1. The van der Waals surface area contributed by atoms with Crippen molar-refractivity contribution >= 4 is 10.1 Å². The molecular weight excluding hydrogens is 165 g/mol. The zero-order chi connectivity index (χ0) is 11.1. The minimum absolute atomic E-state index is 0. The van der Waals surface area contributed by atoms with E-state index in [1.165, 1.54) is 25.7 Å². The predicted octanol–water partition coefficient (Wildman–Crippen LogP) is 5.21. The third-order valence-electron chi connectivity index (χ3n) is 1.67. The van der Waals surface area contributed by atoms with Crippen LogP contribution in [0.2, 0.25) is 0 Å². The van der Waals surface area contributed by atoms with Crippen molar-refractivity contribution in [1.82, 2.24) is 0 Å². The number of hydrogen-bond acceptors (Lipinski definition) is 0. The molecule has 0 aliphatic carbocycles. The summed E-state index contributed by atoms with van der Waals surface area (Å²) >= 11 is 0. The summed E-state index contributed by atoms with van der Waals surface area (Å²) in [5, 5.41) is 0. The van der Waals surface area contributed by atoms with Crippen LogP contribution in [0, 0.1) is 12.3 Å². The second-order valence-electron chi connectivity index (χ2n) is 3.58. The average Bonchev–Trinajstić information content (AvgIpc) is 2.18. The van der Waals surface area contributed by atoms with Crippen molar-refractivity contribution < 1.29 is 1.43 Å². The Labute approximate surface area is 98.6 Å². The van der Waals surface area contributed by atoms with Crippen molar-refractivity contribution in [3.05, 3.63) is 6.42 Å². The van der Waals surface area contributed by atoms with Crippen molar-refractivity contribution in [2.24, 2.45) is 5.92 Å². The molecule has 0 heterocycles. The number of unbranched alkanes of at least 4 members (excludes halogenated alkanes) is 2. The molecule has 0 saturated carbocycles. The summed E-state index contributed by atoms with van der Waals surface area (Å²) in [5.74, 6) is 0.759.